The van der Waals surface area contributed by atoms with Gasteiger partial charge in [-0.3, -0.25) is 33.6 Å². The Morgan fingerprint density at radius 2 is 0.778 bits per heavy atom. The third-order valence-electron chi connectivity index (χ3n) is 6.55. The van der Waals surface area contributed by atoms with Crippen molar-refractivity contribution in [2.24, 2.45) is 0 Å². The number of carbonyl (C=O) groups is 7. The Bertz CT molecular complexity index is 1100. The maximum absolute atomic E-state index is 12.2. The summed E-state index contributed by atoms with van der Waals surface area (Å²) < 4.78 is 55.1. The van der Waals surface area contributed by atoms with Crippen molar-refractivity contribution in [3.05, 3.63) is 0 Å². The fourth-order valence-corrected chi connectivity index (χ4v) is 5.16. The summed E-state index contributed by atoms with van der Waals surface area (Å²) in [7, 11) is 1.26. The van der Waals surface area contributed by atoms with Gasteiger partial charge in [0.2, 0.25) is 0 Å². The van der Waals surface area contributed by atoms with Crippen molar-refractivity contribution in [2.75, 3.05) is 13.7 Å². The van der Waals surface area contributed by atoms with Crippen LogP contribution in [0.15, 0.2) is 0 Å². The smallest absolute Gasteiger partial charge is 0.303 e. The zero-order chi connectivity index (χ0) is 34.0. The van der Waals surface area contributed by atoms with Crippen LogP contribution in [0.4, 0.5) is 0 Å². The molecule has 0 unspecified atom stereocenters. The number of ether oxygens (including phenoxy) is 10. The van der Waals surface area contributed by atoms with E-state index < -0.39 is 110 Å². The molecule has 0 radical (unpaired) electrons. The molecule has 2 heterocycles. The van der Waals surface area contributed by atoms with Gasteiger partial charge in [-0.2, -0.15) is 0 Å². The summed E-state index contributed by atoms with van der Waals surface area (Å²) >= 11 is 0. The number of carbonyl (C=O) groups excluding carboxylic acids is 7. The Morgan fingerprint density at radius 3 is 1.16 bits per heavy atom. The molecule has 0 aromatic carbocycles. The predicted molar refractivity (Wildman–Crippen MR) is 144 cm³/mol. The van der Waals surface area contributed by atoms with Crippen LogP contribution in [0.2, 0.25) is 0 Å². The van der Waals surface area contributed by atoms with Gasteiger partial charge in [0.05, 0.1) is 6.10 Å². The minimum atomic E-state index is -1.39. The van der Waals surface area contributed by atoms with Gasteiger partial charge in [0.25, 0.3) is 0 Å². The van der Waals surface area contributed by atoms with Gasteiger partial charge in [0.15, 0.2) is 42.9 Å². The van der Waals surface area contributed by atoms with Crippen LogP contribution in [0.1, 0.15) is 61.3 Å². The third kappa shape index (κ3) is 11.2. The van der Waals surface area contributed by atoms with Gasteiger partial charge in [-0.25, -0.2) is 0 Å². The highest BCUT2D eigenvalue weighted by atomic mass is 16.7. The molecule has 2 aliphatic rings. The monoisotopic (exact) mass is 648 g/mol. The second kappa shape index (κ2) is 17.0. The zero-order valence-corrected chi connectivity index (χ0v) is 26.3. The Balaban J connectivity index is 2.51. The normalized spacial score (nSPS) is 31.0. The molecule has 17 heteroatoms. The fraction of sp³-hybridized carbons (Fsp3) is 0.750. The Kier molecular flexibility index (Phi) is 14.1. The van der Waals surface area contributed by atoms with Crippen molar-refractivity contribution >= 4 is 41.8 Å². The highest BCUT2D eigenvalue weighted by molar-refractivity contribution is 5.69. The van der Waals surface area contributed by atoms with Crippen LogP contribution in [-0.2, 0) is 80.9 Å². The van der Waals surface area contributed by atoms with Crippen molar-refractivity contribution in [2.45, 2.75) is 123 Å². The van der Waals surface area contributed by atoms with Gasteiger partial charge >= 0.3 is 41.8 Å². The van der Waals surface area contributed by atoms with Gasteiger partial charge in [-0.05, 0) is 12.8 Å². The van der Waals surface area contributed by atoms with E-state index >= 15 is 0 Å². The molecule has 17 nitrogen and oxygen atoms in total. The summed E-state index contributed by atoms with van der Waals surface area (Å²) in [4.78, 5) is 83.9. The lowest BCUT2D eigenvalue weighted by atomic mass is 9.89. The van der Waals surface area contributed by atoms with E-state index in [1.807, 2.05) is 0 Å². The molecular weight excluding hydrogens is 608 g/mol. The van der Waals surface area contributed by atoms with Crippen LogP contribution >= 0.6 is 0 Å². The van der Waals surface area contributed by atoms with Gasteiger partial charge in [-0.1, -0.05) is 0 Å². The quantitative estimate of drug-likeness (QED) is 0.202. The molecule has 0 saturated carbocycles. The van der Waals surface area contributed by atoms with Crippen molar-refractivity contribution in [1.29, 1.82) is 0 Å². The minimum Gasteiger partial charge on any atom is -0.463 e. The summed E-state index contributed by atoms with van der Waals surface area (Å²) in [5.41, 5.74) is 0. The molecule has 2 saturated heterocycles. The molecule has 2 aliphatic heterocycles. The van der Waals surface area contributed by atoms with Crippen molar-refractivity contribution in [3.8, 4) is 0 Å². The minimum absolute atomic E-state index is 0.0594. The summed E-state index contributed by atoms with van der Waals surface area (Å²) in [6, 6.07) is 0. The van der Waals surface area contributed by atoms with E-state index in [4.69, 9.17) is 47.4 Å². The van der Waals surface area contributed by atoms with E-state index in [2.05, 4.69) is 0 Å². The average Bonchev–Trinajstić information content (AvgIpc) is 2.90. The lowest BCUT2D eigenvalue weighted by Gasteiger charge is -2.46. The maximum Gasteiger partial charge on any atom is 0.303 e. The standard InChI is InChI=1S/C28H40O17/c1-12(29)37-11-21-24(40-15(4)32)25(41-16(5)33)22(38-13(2)30)19(44-21)9-10-20-23(39-14(3)31)26(42-17(6)34)27(43-18(7)35)28(36-8)45-20/h19-28H,9-11H2,1-8H3/t19-,20+,21+,22-,23+,24-,25+,26-,27+,28-/m0/s1. The van der Waals surface area contributed by atoms with Gasteiger partial charge in [0.1, 0.15) is 18.8 Å². The van der Waals surface area contributed by atoms with Gasteiger partial charge in [-0.15, -0.1) is 0 Å². The van der Waals surface area contributed by atoms with E-state index in [9.17, 15) is 33.6 Å². The summed E-state index contributed by atoms with van der Waals surface area (Å²) in [5.74, 6) is -5.32. The number of hydrogen-bond donors (Lipinski definition) is 0. The van der Waals surface area contributed by atoms with Crippen molar-refractivity contribution < 1.29 is 80.9 Å². The molecule has 10 atom stereocenters. The first-order valence-corrected chi connectivity index (χ1v) is 14.0. The van der Waals surface area contributed by atoms with Crippen LogP contribution in [-0.4, -0.2) is 117 Å². The molecule has 0 aromatic rings. The largest absolute Gasteiger partial charge is 0.463 e. The first kappa shape index (κ1) is 37.4. The van der Waals surface area contributed by atoms with E-state index in [0.717, 1.165) is 48.5 Å². The highest BCUT2D eigenvalue weighted by Gasteiger charge is 2.54. The van der Waals surface area contributed by atoms with E-state index in [-0.39, 0.29) is 12.8 Å². The third-order valence-corrected chi connectivity index (χ3v) is 6.55. The molecule has 0 aromatic heterocycles. The first-order valence-electron chi connectivity index (χ1n) is 14.0. The van der Waals surface area contributed by atoms with E-state index in [1.165, 1.54) is 7.11 Å². The Morgan fingerprint density at radius 1 is 0.444 bits per heavy atom. The zero-order valence-electron chi connectivity index (χ0n) is 26.3. The number of methoxy groups -OCH3 is 1. The molecule has 2 rings (SSSR count). The van der Waals surface area contributed by atoms with Crippen molar-refractivity contribution in [1.82, 2.24) is 0 Å². The van der Waals surface area contributed by atoms with Crippen LogP contribution in [0.3, 0.4) is 0 Å². The summed E-state index contributed by atoms with van der Waals surface area (Å²) in [6.07, 6.45) is -12.8. The van der Waals surface area contributed by atoms with E-state index in [1.54, 1.807) is 0 Å². The van der Waals surface area contributed by atoms with Crippen LogP contribution < -0.4 is 0 Å². The lowest BCUT2D eigenvalue weighted by molar-refractivity contribution is -0.301. The maximum atomic E-state index is 12.2. The molecule has 0 bridgehead atoms. The number of rotatable bonds is 12. The number of hydrogen-bond acceptors (Lipinski definition) is 17. The van der Waals surface area contributed by atoms with Gasteiger partial charge in [0, 0.05) is 55.6 Å². The Labute approximate surface area is 259 Å². The molecule has 45 heavy (non-hydrogen) atoms. The number of esters is 7. The second-order valence-corrected chi connectivity index (χ2v) is 10.3. The van der Waals surface area contributed by atoms with Crippen LogP contribution in [0.5, 0.6) is 0 Å². The average molecular weight is 649 g/mol. The van der Waals surface area contributed by atoms with Crippen LogP contribution in [0.25, 0.3) is 0 Å². The van der Waals surface area contributed by atoms with Crippen LogP contribution in [0, 0.1) is 0 Å². The molecule has 0 amide bonds. The van der Waals surface area contributed by atoms with Gasteiger partial charge < -0.3 is 47.4 Å². The summed E-state index contributed by atoms with van der Waals surface area (Å²) in [5, 5.41) is 0. The summed E-state index contributed by atoms with van der Waals surface area (Å²) in [6.45, 7) is 7.38. The first-order chi connectivity index (χ1) is 21.0. The van der Waals surface area contributed by atoms with Crippen molar-refractivity contribution in [3.63, 3.8) is 0 Å². The highest BCUT2D eigenvalue weighted by Crippen LogP contribution is 2.35. The predicted octanol–water partition coefficient (Wildman–Crippen LogP) is 0.0586. The van der Waals surface area contributed by atoms with E-state index in [0.29, 0.717) is 0 Å². The second-order valence-electron chi connectivity index (χ2n) is 10.3. The fourth-order valence-electron chi connectivity index (χ4n) is 5.16. The molecule has 0 N–H and O–H groups in total. The molecule has 0 spiro atoms. The molecule has 0 aliphatic carbocycles. The SMILES string of the molecule is CO[C@H]1O[C@H](CC[C@@H]2O[C@H](COC(C)=O)[C@H](OC(C)=O)[C@H](OC(C)=O)[C@H]2OC(C)=O)[C@@H](OC(C)=O)[C@H](OC(C)=O)[C@H]1OC(C)=O. The lowest BCUT2D eigenvalue weighted by Crippen LogP contribution is -2.63. The topological polar surface area (TPSA) is 212 Å². The molecular formula is C28H40O17. The Hall–Kier alpha value is -3.83. The molecule has 2 fully saturated rings. The molecule has 254 valence electrons.